The molecule has 6 heteroatoms. The highest BCUT2D eigenvalue weighted by Gasteiger charge is 2.19. The Morgan fingerprint density at radius 1 is 0.362 bits per heavy atom. The van der Waals surface area contributed by atoms with Gasteiger partial charge in [0, 0.05) is 19.3 Å². The first kappa shape index (κ1) is 54.9. The maximum atomic E-state index is 12.7. The Labute approximate surface area is 357 Å². The zero-order chi connectivity index (χ0) is 42.3. The molecule has 0 rings (SSSR count). The van der Waals surface area contributed by atoms with Gasteiger partial charge in [0.1, 0.15) is 13.2 Å². The molecular formula is C52H88O6. The van der Waals surface area contributed by atoms with Gasteiger partial charge in [-0.2, -0.15) is 0 Å². The van der Waals surface area contributed by atoms with Gasteiger partial charge >= 0.3 is 17.9 Å². The zero-order valence-corrected chi connectivity index (χ0v) is 37.8. The number of esters is 3. The van der Waals surface area contributed by atoms with Crippen LogP contribution in [0.3, 0.4) is 0 Å². The molecule has 0 fully saturated rings. The average molecular weight is 809 g/mol. The third kappa shape index (κ3) is 44.0. The van der Waals surface area contributed by atoms with Gasteiger partial charge in [-0.3, -0.25) is 14.4 Å². The van der Waals surface area contributed by atoms with Crippen LogP contribution in [0.5, 0.6) is 0 Å². The lowest BCUT2D eigenvalue weighted by atomic mass is 10.1. The summed E-state index contributed by atoms with van der Waals surface area (Å²) in [6.07, 6.45) is 57.4. The number of hydrogen-bond acceptors (Lipinski definition) is 6. The molecule has 332 valence electrons. The third-order valence-corrected chi connectivity index (χ3v) is 10.1. The monoisotopic (exact) mass is 809 g/mol. The van der Waals surface area contributed by atoms with E-state index in [0.717, 1.165) is 70.6 Å². The lowest BCUT2D eigenvalue weighted by Gasteiger charge is -2.18. The highest BCUT2D eigenvalue weighted by Crippen LogP contribution is 2.14. The molecule has 0 heterocycles. The summed E-state index contributed by atoms with van der Waals surface area (Å²) in [5.74, 6) is -0.941. The van der Waals surface area contributed by atoms with Crippen LogP contribution in [0.25, 0.3) is 0 Å². The number of carbonyl (C=O) groups is 3. The largest absolute Gasteiger partial charge is 0.462 e. The highest BCUT2D eigenvalue weighted by atomic mass is 16.6. The molecule has 0 amide bonds. The second-order valence-corrected chi connectivity index (χ2v) is 15.8. The molecule has 1 unspecified atom stereocenters. The van der Waals surface area contributed by atoms with Crippen molar-refractivity contribution in [2.24, 2.45) is 0 Å². The molecule has 0 bridgehead atoms. The molecule has 0 aromatic rings. The molecule has 0 aromatic carbocycles. The smallest absolute Gasteiger partial charge is 0.306 e. The summed E-state index contributed by atoms with van der Waals surface area (Å²) in [4.78, 5) is 37.8. The van der Waals surface area contributed by atoms with Crippen LogP contribution in [0.4, 0.5) is 0 Å². The fourth-order valence-corrected chi connectivity index (χ4v) is 6.46. The van der Waals surface area contributed by atoms with Gasteiger partial charge in [0.05, 0.1) is 0 Å². The van der Waals surface area contributed by atoms with E-state index < -0.39 is 6.10 Å². The van der Waals surface area contributed by atoms with Gasteiger partial charge in [0.2, 0.25) is 0 Å². The summed E-state index contributed by atoms with van der Waals surface area (Å²) in [6, 6.07) is 0. The minimum atomic E-state index is -0.791. The van der Waals surface area contributed by atoms with Gasteiger partial charge in [-0.05, 0) is 64.2 Å². The van der Waals surface area contributed by atoms with Gasteiger partial charge in [0.25, 0.3) is 0 Å². The predicted octanol–water partition coefficient (Wildman–Crippen LogP) is 15.5. The van der Waals surface area contributed by atoms with E-state index in [1.807, 2.05) is 48.6 Å². The van der Waals surface area contributed by atoms with E-state index in [1.54, 1.807) is 0 Å². The number of rotatable bonds is 42. The average Bonchev–Trinajstić information content (AvgIpc) is 3.22. The molecular weight excluding hydrogens is 721 g/mol. The van der Waals surface area contributed by atoms with Crippen molar-refractivity contribution in [3.63, 3.8) is 0 Å². The first-order valence-electron chi connectivity index (χ1n) is 24.0. The van der Waals surface area contributed by atoms with Crippen LogP contribution in [0.15, 0.2) is 72.9 Å². The van der Waals surface area contributed by atoms with Crippen LogP contribution in [-0.2, 0) is 28.6 Å². The molecule has 0 aliphatic carbocycles. The maximum Gasteiger partial charge on any atom is 0.306 e. The van der Waals surface area contributed by atoms with E-state index in [4.69, 9.17) is 14.2 Å². The molecule has 1 atom stereocenters. The van der Waals surface area contributed by atoms with E-state index in [-0.39, 0.29) is 31.1 Å². The molecule has 0 aliphatic rings. The van der Waals surface area contributed by atoms with Gasteiger partial charge in [-0.15, -0.1) is 0 Å². The van der Waals surface area contributed by atoms with Crippen LogP contribution >= 0.6 is 0 Å². The zero-order valence-electron chi connectivity index (χ0n) is 37.8. The Morgan fingerprint density at radius 2 is 0.690 bits per heavy atom. The summed E-state index contributed by atoms with van der Waals surface area (Å²) in [6.45, 7) is 6.42. The Bertz CT molecular complexity index is 1110. The van der Waals surface area contributed by atoms with E-state index in [9.17, 15) is 14.4 Å². The van der Waals surface area contributed by atoms with Gasteiger partial charge < -0.3 is 14.2 Å². The quantitative estimate of drug-likeness (QED) is 0.0201. The van der Waals surface area contributed by atoms with Crippen molar-refractivity contribution < 1.29 is 28.6 Å². The van der Waals surface area contributed by atoms with Crippen LogP contribution < -0.4 is 0 Å². The number of ether oxygens (including phenoxy) is 3. The third-order valence-electron chi connectivity index (χ3n) is 10.1. The fraction of sp³-hybridized carbons (Fsp3) is 0.712. The lowest BCUT2D eigenvalue weighted by molar-refractivity contribution is -0.167. The van der Waals surface area contributed by atoms with Gasteiger partial charge in [0.15, 0.2) is 6.10 Å². The van der Waals surface area contributed by atoms with Crippen LogP contribution in [0.2, 0.25) is 0 Å². The summed E-state index contributed by atoms with van der Waals surface area (Å²) in [5, 5.41) is 0. The molecule has 0 N–H and O–H groups in total. The van der Waals surface area contributed by atoms with Crippen molar-refractivity contribution in [2.45, 2.75) is 226 Å². The van der Waals surface area contributed by atoms with E-state index >= 15 is 0 Å². The van der Waals surface area contributed by atoms with Crippen LogP contribution in [-0.4, -0.2) is 37.2 Å². The molecule has 0 radical (unpaired) electrons. The van der Waals surface area contributed by atoms with Crippen molar-refractivity contribution in [2.75, 3.05) is 13.2 Å². The fourth-order valence-electron chi connectivity index (χ4n) is 6.46. The minimum absolute atomic E-state index is 0.0900. The van der Waals surface area contributed by atoms with Gasteiger partial charge in [-0.1, -0.05) is 209 Å². The molecule has 58 heavy (non-hydrogen) atoms. The van der Waals surface area contributed by atoms with Crippen molar-refractivity contribution >= 4 is 17.9 Å². The molecule has 0 saturated carbocycles. The highest BCUT2D eigenvalue weighted by molar-refractivity contribution is 5.71. The molecule has 0 aromatic heterocycles. The second kappa shape index (κ2) is 46.5. The summed E-state index contributed by atoms with van der Waals surface area (Å²) >= 11 is 0. The van der Waals surface area contributed by atoms with Crippen molar-refractivity contribution in [1.29, 1.82) is 0 Å². The predicted molar refractivity (Wildman–Crippen MR) is 247 cm³/mol. The van der Waals surface area contributed by atoms with E-state index in [1.165, 1.54) is 109 Å². The molecule has 0 spiro atoms. The normalized spacial score (nSPS) is 12.7. The Kier molecular flexibility index (Phi) is 44.0. The molecule has 0 saturated heterocycles. The maximum absolute atomic E-state index is 12.7. The number of carbonyl (C=O) groups excluding carboxylic acids is 3. The lowest BCUT2D eigenvalue weighted by Crippen LogP contribution is -2.30. The Morgan fingerprint density at radius 3 is 1.14 bits per heavy atom. The minimum Gasteiger partial charge on any atom is -0.462 e. The summed E-state index contributed by atoms with van der Waals surface area (Å²) < 4.78 is 16.7. The molecule has 0 aliphatic heterocycles. The first-order valence-corrected chi connectivity index (χ1v) is 24.0. The Balaban J connectivity index is 4.45. The van der Waals surface area contributed by atoms with E-state index in [0.29, 0.717) is 19.3 Å². The van der Waals surface area contributed by atoms with Crippen molar-refractivity contribution in [3.05, 3.63) is 72.9 Å². The topological polar surface area (TPSA) is 78.9 Å². The summed E-state index contributed by atoms with van der Waals surface area (Å²) in [5.41, 5.74) is 0. The van der Waals surface area contributed by atoms with Crippen molar-refractivity contribution in [3.8, 4) is 0 Å². The SMILES string of the molecule is CC\C=C/C=C\C=C/C=C\C=C/CCCCCC(=O)OCC(COC(=O)CCCCCCCCCCCC)OC(=O)CCCCCCCCC/C=C\CCCCCC. The van der Waals surface area contributed by atoms with Crippen molar-refractivity contribution in [1.82, 2.24) is 0 Å². The van der Waals surface area contributed by atoms with Crippen LogP contribution in [0, 0.1) is 0 Å². The number of hydrogen-bond donors (Lipinski definition) is 0. The van der Waals surface area contributed by atoms with E-state index in [2.05, 4.69) is 45.1 Å². The standard InChI is InChI=1S/C52H88O6/c1-4-7-10-13-16-19-22-24-26-28-30-33-36-39-42-45-51(54)57-48-49(47-56-50(53)44-41-38-35-32-21-18-15-12-9-6-3)58-52(55)46-43-40-37-34-31-29-27-25-23-20-17-14-11-8-5-2/h7,10,13,16,19-20,22-24,26,28,30,49H,4-6,8-9,11-12,14-15,17-18,21,25,27,29,31-48H2,1-3H3/b10-7-,16-13-,22-19-,23-20-,26-24-,30-28-. The first-order chi connectivity index (χ1) is 28.5. The number of unbranched alkanes of at least 4 members (excludes halogenated alkanes) is 23. The summed E-state index contributed by atoms with van der Waals surface area (Å²) in [7, 11) is 0. The van der Waals surface area contributed by atoms with Crippen LogP contribution in [0.1, 0.15) is 220 Å². The number of allylic oxidation sites excluding steroid dienone is 12. The van der Waals surface area contributed by atoms with Gasteiger partial charge in [-0.25, -0.2) is 0 Å². The Hall–Kier alpha value is -3.15. The molecule has 6 nitrogen and oxygen atoms in total. The second-order valence-electron chi connectivity index (χ2n) is 15.8.